The summed E-state index contributed by atoms with van der Waals surface area (Å²) in [7, 11) is 0. The average Bonchev–Trinajstić information content (AvgIpc) is 2.95. The molecule has 104 valence electrons. The summed E-state index contributed by atoms with van der Waals surface area (Å²) in [6.45, 7) is 9.64. The Morgan fingerprint density at radius 1 is 1.42 bits per heavy atom. The van der Waals surface area contributed by atoms with Crippen molar-refractivity contribution in [3.8, 4) is 0 Å². The van der Waals surface area contributed by atoms with Gasteiger partial charge in [-0.3, -0.25) is 0 Å². The highest BCUT2D eigenvalue weighted by atomic mass is 32.1. The predicted molar refractivity (Wildman–Crippen MR) is 79.5 cm³/mol. The Morgan fingerprint density at radius 3 is 2.79 bits per heavy atom. The van der Waals surface area contributed by atoms with Gasteiger partial charge in [-0.25, -0.2) is 4.98 Å². The van der Waals surface area contributed by atoms with E-state index < -0.39 is 0 Å². The van der Waals surface area contributed by atoms with Gasteiger partial charge < -0.3 is 9.73 Å². The van der Waals surface area contributed by atoms with Crippen LogP contribution in [0.4, 0.5) is 0 Å². The van der Waals surface area contributed by atoms with Crippen LogP contribution in [-0.2, 0) is 18.4 Å². The zero-order chi connectivity index (χ0) is 13.9. The van der Waals surface area contributed by atoms with Crippen molar-refractivity contribution in [2.45, 2.75) is 52.1 Å². The summed E-state index contributed by atoms with van der Waals surface area (Å²) >= 11 is 1.79. The van der Waals surface area contributed by atoms with E-state index in [-0.39, 0.29) is 5.41 Å². The van der Waals surface area contributed by atoms with E-state index in [9.17, 15) is 0 Å². The number of nitrogens with zero attached hydrogens (tertiary/aromatic N) is 1. The summed E-state index contributed by atoms with van der Waals surface area (Å²) in [5.74, 6) is 1.03. The van der Waals surface area contributed by atoms with E-state index >= 15 is 0 Å². The van der Waals surface area contributed by atoms with Crippen LogP contribution in [0.5, 0.6) is 0 Å². The molecular weight excluding hydrogens is 256 g/mol. The van der Waals surface area contributed by atoms with Gasteiger partial charge in [0, 0.05) is 35.5 Å². The molecule has 0 amide bonds. The molecule has 0 aliphatic rings. The normalized spacial score (nSPS) is 13.7. The Hall–Kier alpha value is -1.13. The van der Waals surface area contributed by atoms with Gasteiger partial charge in [0.25, 0.3) is 0 Å². The molecule has 19 heavy (non-hydrogen) atoms. The number of rotatable bonds is 5. The van der Waals surface area contributed by atoms with Crippen LogP contribution in [0.1, 0.15) is 43.3 Å². The summed E-state index contributed by atoms with van der Waals surface area (Å²) in [5.41, 5.74) is 0.142. The third kappa shape index (κ3) is 4.18. The second-order valence-corrected chi connectivity index (χ2v) is 7.06. The van der Waals surface area contributed by atoms with E-state index in [1.807, 2.05) is 18.3 Å². The minimum Gasteiger partial charge on any atom is -0.469 e. The highest BCUT2D eigenvalue weighted by Gasteiger charge is 2.18. The Morgan fingerprint density at radius 2 is 2.21 bits per heavy atom. The van der Waals surface area contributed by atoms with Crippen LogP contribution >= 0.6 is 11.3 Å². The Balaban J connectivity index is 1.83. The molecule has 2 rings (SSSR count). The third-order valence-corrected chi connectivity index (χ3v) is 4.33. The molecule has 0 fully saturated rings. The topological polar surface area (TPSA) is 38.1 Å². The lowest BCUT2D eigenvalue weighted by atomic mass is 9.98. The van der Waals surface area contributed by atoms with E-state index in [2.05, 4.69) is 38.0 Å². The van der Waals surface area contributed by atoms with Gasteiger partial charge in [-0.15, -0.1) is 11.3 Å². The second-order valence-electron chi connectivity index (χ2n) is 5.95. The second kappa shape index (κ2) is 5.88. The number of aromatic nitrogens is 1. The Kier molecular flexibility index (Phi) is 4.42. The van der Waals surface area contributed by atoms with Gasteiger partial charge in [0.1, 0.15) is 5.76 Å². The van der Waals surface area contributed by atoms with Gasteiger partial charge >= 0.3 is 0 Å². The average molecular weight is 278 g/mol. The standard InChI is InChI=1S/C15H22N2OS/c1-11(8-12-6-5-7-18-12)16-9-13-10-17-14(19-13)15(2,3)4/h5-7,10-11,16H,8-9H2,1-4H3. The lowest BCUT2D eigenvalue weighted by Crippen LogP contribution is -2.27. The van der Waals surface area contributed by atoms with Crippen LogP contribution in [0.25, 0.3) is 0 Å². The van der Waals surface area contributed by atoms with Gasteiger partial charge in [0.05, 0.1) is 11.3 Å². The fourth-order valence-electron chi connectivity index (χ4n) is 1.81. The number of thiazole rings is 1. The maximum Gasteiger partial charge on any atom is 0.105 e. The van der Waals surface area contributed by atoms with Crippen LogP contribution in [-0.4, -0.2) is 11.0 Å². The number of furan rings is 1. The van der Waals surface area contributed by atoms with Gasteiger partial charge in [-0.1, -0.05) is 20.8 Å². The van der Waals surface area contributed by atoms with Crippen LogP contribution in [0.3, 0.4) is 0 Å². The fraction of sp³-hybridized carbons (Fsp3) is 0.533. The van der Waals surface area contributed by atoms with Crippen molar-refractivity contribution in [3.63, 3.8) is 0 Å². The molecule has 0 saturated heterocycles. The quantitative estimate of drug-likeness (QED) is 0.905. The molecule has 2 aromatic rings. The molecule has 3 nitrogen and oxygen atoms in total. The first-order valence-electron chi connectivity index (χ1n) is 6.66. The van der Waals surface area contributed by atoms with Gasteiger partial charge in [0.15, 0.2) is 0 Å². The van der Waals surface area contributed by atoms with Crippen LogP contribution in [0.15, 0.2) is 29.0 Å². The van der Waals surface area contributed by atoms with Crippen molar-refractivity contribution in [2.75, 3.05) is 0 Å². The van der Waals surface area contributed by atoms with Crippen molar-refractivity contribution in [2.24, 2.45) is 0 Å². The van der Waals surface area contributed by atoms with Gasteiger partial charge in [-0.05, 0) is 19.1 Å². The molecule has 1 unspecified atom stereocenters. The zero-order valence-corrected chi connectivity index (χ0v) is 12.9. The van der Waals surface area contributed by atoms with E-state index in [4.69, 9.17) is 4.42 Å². The molecule has 0 aliphatic carbocycles. The lowest BCUT2D eigenvalue weighted by Gasteiger charge is -2.14. The molecule has 4 heteroatoms. The monoisotopic (exact) mass is 278 g/mol. The Labute approximate surface area is 119 Å². The van der Waals surface area contributed by atoms with E-state index in [1.165, 1.54) is 9.88 Å². The minimum absolute atomic E-state index is 0.142. The maximum absolute atomic E-state index is 5.36. The van der Waals surface area contributed by atoms with Crippen molar-refractivity contribution < 1.29 is 4.42 Å². The van der Waals surface area contributed by atoms with Gasteiger partial charge in [0.2, 0.25) is 0 Å². The summed E-state index contributed by atoms with van der Waals surface area (Å²) < 4.78 is 5.36. The SMILES string of the molecule is CC(Cc1ccco1)NCc1cnc(C(C)(C)C)s1. The molecule has 1 N–H and O–H groups in total. The molecule has 2 aromatic heterocycles. The zero-order valence-electron chi connectivity index (χ0n) is 12.1. The molecule has 1 atom stereocenters. The molecule has 0 radical (unpaired) electrons. The first kappa shape index (κ1) is 14.3. The highest BCUT2D eigenvalue weighted by molar-refractivity contribution is 7.11. The number of hydrogen-bond donors (Lipinski definition) is 1. The van der Waals surface area contributed by atoms with Gasteiger partial charge in [-0.2, -0.15) is 0 Å². The molecule has 0 aromatic carbocycles. The van der Waals surface area contributed by atoms with Crippen molar-refractivity contribution in [3.05, 3.63) is 40.2 Å². The highest BCUT2D eigenvalue weighted by Crippen LogP contribution is 2.26. The summed E-state index contributed by atoms with van der Waals surface area (Å²) in [5, 5.41) is 4.71. The number of nitrogens with one attached hydrogen (secondary N) is 1. The molecule has 0 aliphatic heterocycles. The molecular formula is C15H22N2OS. The smallest absolute Gasteiger partial charge is 0.105 e. The first-order chi connectivity index (χ1) is 8.95. The molecule has 0 spiro atoms. The predicted octanol–water partition coefficient (Wildman–Crippen LogP) is 3.75. The molecule has 0 saturated carbocycles. The van der Waals surface area contributed by atoms with Crippen LogP contribution < -0.4 is 5.32 Å². The summed E-state index contributed by atoms with van der Waals surface area (Å²) in [6, 6.07) is 4.34. The summed E-state index contributed by atoms with van der Waals surface area (Å²) in [6.07, 6.45) is 4.62. The van der Waals surface area contributed by atoms with E-state index in [0.717, 1.165) is 18.7 Å². The maximum atomic E-state index is 5.36. The fourth-order valence-corrected chi connectivity index (χ4v) is 2.73. The minimum atomic E-state index is 0.142. The lowest BCUT2D eigenvalue weighted by molar-refractivity contribution is 0.457. The van der Waals surface area contributed by atoms with Crippen LogP contribution in [0.2, 0.25) is 0 Å². The third-order valence-electron chi connectivity index (χ3n) is 2.91. The van der Waals surface area contributed by atoms with Crippen LogP contribution in [0, 0.1) is 0 Å². The number of hydrogen-bond acceptors (Lipinski definition) is 4. The van der Waals surface area contributed by atoms with E-state index in [0.29, 0.717) is 6.04 Å². The molecule has 0 bridgehead atoms. The van der Waals surface area contributed by atoms with Crippen molar-refractivity contribution in [1.82, 2.24) is 10.3 Å². The Bertz CT molecular complexity index is 496. The van der Waals surface area contributed by atoms with E-state index in [1.54, 1.807) is 17.6 Å². The van der Waals surface area contributed by atoms with Crippen molar-refractivity contribution >= 4 is 11.3 Å². The summed E-state index contributed by atoms with van der Waals surface area (Å²) in [4.78, 5) is 5.79. The molecule has 2 heterocycles. The first-order valence-corrected chi connectivity index (χ1v) is 7.48. The van der Waals surface area contributed by atoms with Crippen molar-refractivity contribution in [1.29, 1.82) is 0 Å². The largest absolute Gasteiger partial charge is 0.469 e.